The van der Waals surface area contributed by atoms with Crippen molar-refractivity contribution >= 4 is 17.2 Å². The summed E-state index contributed by atoms with van der Waals surface area (Å²) in [5, 5.41) is 5.28. The van der Waals surface area contributed by atoms with Crippen LogP contribution in [0.2, 0.25) is 0 Å². The maximum atomic E-state index is 13.9. The van der Waals surface area contributed by atoms with Crippen LogP contribution in [0.4, 0.5) is 8.78 Å². The lowest BCUT2D eigenvalue weighted by molar-refractivity contribution is 0.0383. The van der Waals surface area contributed by atoms with Gasteiger partial charge in [-0.3, -0.25) is 9.69 Å². The summed E-state index contributed by atoms with van der Waals surface area (Å²) in [5.74, 6) is -0.686. The highest BCUT2D eigenvalue weighted by Crippen LogP contribution is 2.34. The Hall–Kier alpha value is -3.08. The standard InChI is InChI=1S/C24H25F2N3O4S/c1-31-22-12-16(3-5-21(22)33-14-17-2-4-18(25)13-19(17)26)24-28-20(15-34-24)23(30)27-6-7-29-8-10-32-11-9-29/h2-5,12-13,15H,6-11,14H2,1H3,(H,27,30). The molecular weight excluding hydrogens is 464 g/mol. The predicted molar refractivity (Wildman–Crippen MR) is 124 cm³/mol. The molecule has 0 radical (unpaired) electrons. The van der Waals surface area contributed by atoms with Crippen LogP contribution in [0.5, 0.6) is 11.5 Å². The first kappa shape index (κ1) is 24.1. The predicted octanol–water partition coefficient (Wildman–Crippen LogP) is 3.74. The van der Waals surface area contributed by atoms with Gasteiger partial charge in [-0.2, -0.15) is 0 Å². The molecule has 1 aliphatic heterocycles. The molecular formula is C24H25F2N3O4S. The van der Waals surface area contributed by atoms with E-state index in [1.165, 1.54) is 30.6 Å². The number of carbonyl (C=O) groups is 1. The molecule has 2 aromatic carbocycles. The molecule has 10 heteroatoms. The third-order valence-electron chi connectivity index (χ3n) is 5.36. The number of amides is 1. The number of nitrogens with one attached hydrogen (secondary N) is 1. The summed E-state index contributed by atoms with van der Waals surface area (Å²) in [4.78, 5) is 19.2. The summed E-state index contributed by atoms with van der Waals surface area (Å²) in [6.07, 6.45) is 0. The molecule has 0 aliphatic carbocycles. The van der Waals surface area contributed by atoms with Crippen LogP contribution in [0.25, 0.3) is 10.6 Å². The van der Waals surface area contributed by atoms with Crippen molar-refractivity contribution in [2.45, 2.75) is 6.61 Å². The number of hydrogen-bond acceptors (Lipinski definition) is 7. The summed E-state index contributed by atoms with van der Waals surface area (Å²) >= 11 is 1.35. The fourth-order valence-electron chi connectivity index (χ4n) is 3.47. The van der Waals surface area contributed by atoms with Gasteiger partial charge in [-0.1, -0.05) is 0 Å². The first-order chi connectivity index (χ1) is 16.5. The van der Waals surface area contributed by atoms with Crippen LogP contribution in [0.1, 0.15) is 16.1 Å². The molecule has 1 fully saturated rings. The van der Waals surface area contributed by atoms with Crippen LogP contribution < -0.4 is 14.8 Å². The van der Waals surface area contributed by atoms with Crippen molar-refractivity contribution in [3.05, 3.63) is 64.7 Å². The number of morpholine rings is 1. The number of rotatable bonds is 9. The van der Waals surface area contributed by atoms with Gasteiger partial charge in [-0.05, 0) is 30.3 Å². The quantitative estimate of drug-likeness (QED) is 0.494. The molecule has 4 rings (SSSR count). The van der Waals surface area contributed by atoms with Crippen LogP contribution >= 0.6 is 11.3 Å². The van der Waals surface area contributed by atoms with Crippen molar-refractivity contribution in [3.63, 3.8) is 0 Å². The molecule has 1 amide bonds. The number of thiazole rings is 1. The number of ether oxygens (including phenoxy) is 3. The lowest BCUT2D eigenvalue weighted by Crippen LogP contribution is -2.41. The smallest absolute Gasteiger partial charge is 0.270 e. The van der Waals surface area contributed by atoms with E-state index >= 15 is 0 Å². The maximum absolute atomic E-state index is 13.9. The fourth-order valence-corrected chi connectivity index (χ4v) is 4.26. The van der Waals surface area contributed by atoms with Crippen LogP contribution in [0.15, 0.2) is 41.8 Å². The molecule has 1 N–H and O–H groups in total. The lowest BCUT2D eigenvalue weighted by Gasteiger charge is -2.26. The number of aromatic nitrogens is 1. The van der Waals surface area contributed by atoms with Crippen molar-refractivity contribution in [1.29, 1.82) is 0 Å². The normalized spacial score (nSPS) is 14.1. The number of halogens is 2. The molecule has 0 atom stereocenters. The van der Waals surface area contributed by atoms with E-state index in [4.69, 9.17) is 14.2 Å². The van der Waals surface area contributed by atoms with Gasteiger partial charge in [0.05, 0.1) is 20.3 Å². The Morgan fingerprint density at radius 3 is 2.76 bits per heavy atom. The number of hydrogen-bond donors (Lipinski definition) is 1. The third-order valence-corrected chi connectivity index (χ3v) is 6.25. The minimum atomic E-state index is -0.672. The van der Waals surface area contributed by atoms with E-state index in [2.05, 4.69) is 15.2 Å². The molecule has 3 aromatic rings. The summed E-state index contributed by atoms with van der Waals surface area (Å²) < 4.78 is 43.4. The second-order valence-corrected chi connectivity index (χ2v) is 8.50. The van der Waals surface area contributed by atoms with Gasteiger partial charge in [0.15, 0.2) is 11.5 Å². The van der Waals surface area contributed by atoms with Gasteiger partial charge < -0.3 is 19.5 Å². The van der Waals surface area contributed by atoms with Crippen LogP contribution in [0, 0.1) is 11.6 Å². The molecule has 0 saturated carbocycles. The van der Waals surface area contributed by atoms with E-state index in [9.17, 15) is 13.6 Å². The molecule has 0 spiro atoms. The van der Waals surface area contributed by atoms with Crippen molar-refractivity contribution in [1.82, 2.24) is 15.2 Å². The maximum Gasteiger partial charge on any atom is 0.270 e. The number of benzene rings is 2. The molecule has 0 bridgehead atoms. The van der Waals surface area contributed by atoms with E-state index in [-0.39, 0.29) is 18.1 Å². The second kappa shape index (κ2) is 11.4. The highest BCUT2D eigenvalue weighted by atomic mass is 32.1. The number of nitrogens with zero attached hydrogens (tertiary/aromatic N) is 2. The molecule has 1 aliphatic rings. The Balaban J connectivity index is 1.37. The van der Waals surface area contributed by atoms with E-state index in [0.29, 0.717) is 28.7 Å². The fraction of sp³-hybridized carbons (Fsp3) is 0.333. The molecule has 180 valence electrons. The summed E-state index contributed by atoms with van der Waals surface area (Å²) in [5.41, 5.74) is 1.35. The Kier molecular flexibility index (Phi) is 8.04. The molecule has 0 unspecified atom stereocenters. The topological polar surface area (TPSA) is 72.9 Å². The van der Waals surface area contributed by atoms with Crippen LogP contribution in [-0.4, -0.2) is 62.3 Å². The van der Waals surface area contributed by atoms with Crippen molar-refractivity contribution in [2.75, 3.05) is 46.5 Å². The van der Waals surface area contributed by atoms with Gasteiger partial charge in [0.25, 0.3) is 5.91 Å². The van der Waals surface area contributed by atoms with E-state index in [1.54, 1.807) is 23.6 Å². The van der Waals surface area contributed by atoms with Crippen molar-refractivity contribution in [2.24, 2.45) is 0 Å². The zero-order chi connectivity index (χ0) is 23.9. The average Bonchev–Trinajstić information content (AvgIpc) is 3.35. The van der Waals surface area contributed by atoms with Gasteiger partial charge in [-0.15, -0.1) is 11.3 Å². The first-order valence-electron chi connectivity index (χ1n) is 10.8. The highest BCUT2D eigenvalue weighted by Gasteiger charge is 2.15. The zero-order valence-electron chi connectivity index (χ0n) is 18.7. The average molecular weight is 490 g/mol. The second-order valence-electron chi connectivity index (χ2n) is 7.64. The van der Waals surface area contributed by atoms with Crippen LogP contribution in [-0.2, 0) is 11.3 Å². The minimum Gasteiger partial charge on any atom is -0.493 e. The highest BCUT2D eigenvalue weighted by molar-refractivity contribution is 7.13. The van der Waals surface area contributed by atoms with Gasteiger partial charge in [0.2, 0.25) is 0 Å². The zero-order valence-corrected chi connectivity index (χ0v) is 19.5. The number of methoxy groups -OCH3 is 1. The molecule has 7 nitrogen and oxygen atoms in total. The number of carbonyl (C=O) groups excluding carboxylic acids is 1. The largest absolute Gasteiger partial charge is 0.493 e. The summed E-state index contributed by atoms with van der Waals surface area (Å²) in [7, 11) is 1.50. The van der Waals surface area contributed by atoms with Crippen LogP contribution in [0.3, 0.4) is 0 Å². The molecule has 1 saturated heterocycles. The van der Waals surface area contributed by atoms with Gasteiger partial charge in [-0.25, -0.2) is 13.8 Å². The van der Waals surface area contributed by atoms with E-state index in [1.807, 2.05) is 0 Å². The Labute approximate surface area is 200 Å². The lowest BCUT2D eigenvalue weighted by atomic mass is 10.2. The Bertz CT molecular complexity index is 1140. The van der Waals surface area contributed by atoms with E-state index in [0.717, 1.165) is 44.5 Å². The first-order valence-corrected chi connectivity index (χ1v) is 11.7. The Morgan fingerprint density at radius 1 is 1.18 bits per heavy atom. The van der Waals surface area contributed by atoms with E-state index < -0.39 is 11.6 Å². The van der Waals surface area contributed by atoms with Gasteiger partial charge in [0.1, 0.15) is 28.9 Å². The summed E-state index contributed by atoms with van der Waals surface area (Å²) in [6.45, 7) is 4.43. The monoisotopic (exact) mass is 489 g/mol. The molecule has 34 heavy (non-hydrogen) atoms. The van der Waals surface area contributed by atoms with Gasteiger partial charge >= 0.3 is 0 Å². The molecule has 2 heterocycles. The SMILES string of the molecule is COc1cc(-c2nc(C(=O)NCCN3CCOCC3)cs2)ccc1OCc1ccc(F)cc1F. The third kappa shape index (κ3) is 6.07. The summed E-state index contributed by atoms with van der Waals surface area (Å²) in [6, 6.07) is 8.57. The van der Waals surface area contributed by atoms with Crippen molar-refractivity contribution < 1.29 is 27.8 Å². The minimum absolute atomic E-state index is 0.0756. The van der Waals surface area contributed by atoms with Gasteiger partial charge in [0, 0.05) is 48.8 Å². The van der Waals surface area contributed by atoms with Crippen molar-refractivity contribution in [3.8, 4) is 22.1 Å². The Morgan fingerprint density at radius 2 is 2.00 bits per heavy atom. The molecule has 1 aromatic heterocycles.